The number of aryl methyl sites for hydroxylation is 2. The molecule has 6 nitrogen and oxygen atoms in total. The fourth-order valence-electron chi connectivity index (χ4n) is 4.66. The Morgan fingerprint density at radius 1 is 1.03 bits per heavy atom. The molecule has 2 aromatic carbocycles. The third kappa shape index (κ3) is 5.23. The third-order valence-electron chi connectivity index (χ3n) is 6.42. The number of aromatic nitrogens is 3. The fraction of sp³-hybridized carbons (Fsp3) is 0.296. The van der Waals surface area contributed by atoms with Gasteiger partial charge in [-0.05, 0) is 67.6 Å². The van der Waals surface area contributed by atoms with Crippen LogP contribution in [0.1, 0.15) is 53.7 Å². The molecule has 0 saturated heterocycles. The molecule has 4 aromatic rings. The lowest BCUT2D eigenvalue weighted by Crippen LogP contribution is -2.23. The average molecular weight is 474 g/mol. The van der Waals surface area contributed by atoms with Crippen molar-refractivity contribution in [2.24, 2.45) is 0 Å². The zero-order chi connectivity index (χ0) is 23.3. The number of nitrogens with one attached hydrogen (secondary N) is 3. The summed E-state index contributed by atoms with van der Waals surface area (Å²) in [5, 5.41) is 16.0. The molecule has 0 bridgehead atoms. The van der Waals surface area contributed by atoms with E-state index in [0.717, 1.165) is 46.5 Å². The highest BCUT2D eigenvalue weighted by atomic mass is 35.5. The van der Waals surface area contributed by atoms with Gasteiger partial charge < -0.3 is 10.6 Å². The number of H-pyrrole nitrogens is 1. The number of fused-ring (bicyclic) bond motifs is 1. The van der Waals surface area contributed by atoms with Crippen LogP contribution in [0.3, 0.4) is 0 Å². The van der Waals surface area contributed by atoms with E-state index >= 15 is 0 Å². The molecule has 0 atom stereocenters. The molecule has 1 amide bonds. The van der Waals surface area contributed by atoms with E-state index in [0.29, 0.717) is 16.6 Å². The Balaban J connectivity index is 1.29. The van der Waals surface area contributed by atoms with Crippen molar-refractivity contribution < 1.29 is 4.79 Å². The number of rotatable bonds is 7. The predicted octanol–water partition coefficient (Wildman–Crippen LogP) is 6.39. The maximum atomic E-state index is 12.6. The average Bonchev–Trinajstić information content (AvgIpc) is 3.28. The molecule has 0 spiro atoms. The lowest BCUT2D eigenvalue weighted by Gasteiger charge is -2.23. The van der Waals surface area contributed by atoms with E-state index in [9.17, 15) is 4.79 Å². The van der Waals surface area contributed by atoms with Crippen molar-refractivity contribution in [2.45, 2.75) is 51.0 Å². The topological polar surface area (TPSA) is 82.7 Å². The van der Waals surface area contributed by atoms with E-state index in [1.54, 1.807) is 24.3 Å². The van der Waals surface area contributed by atoms with Gasteiger partial charge in [0.1, 0.15) is 5.82 Å². The number of carbonyl (C=O) groups is 1. The second-order valence-corrected chi connectivity index (χ2v) is 9.34. The minimum Gasteiger partial charge on any atom is -0.367 e. The maximum Gasteiger partial charge on any atom is 0.255 e. The standard InChI is InChI=1S/C27H28ClN5O/c28-20-8-5-7-19(17-20)27(34)31-22-11-4-6-18(16-22)12-13-23-25-24(33-32-23)14-15-29-26(25)30-21-9-2-1-3-10-21/h4-8,11,14-17,21H,1-3,9-10,12-13H2,(H,29,30)(H,31,34)(H,32,33). The summed E-state index contributed by atoms with van der Waals surface area (Å²) in [7, 11) is 0. The molecule has 34 heavy (non-hydrogen) atoms. The predicted molar refractivity (Wildman–Crippen MR) is 138 cm³/mol. The summed E-state index contributed by atoms with van der Waals surface area (Å²) in [6.45, 7) is 0. The molecule has 2 aromatic heterocycles. The van der Waals surface area contributed by atoms with Crippen LogP contribution in [0.4, 0.5) is 11.5 Å². The number of amides is 1. The van der Waals surface area contributed by atoms with Crippen molar-refractivity contribution in [3.8, 4) is 0 Å². The van der Waals surface area contributed by atoms with Crippen LogP contribution in [-0.2, 0) is 12.8 Å². The van der Waals surface area contributed by atoms with Crippen LogP contribution in [0, 0.1) is 0 Å². The molecule has 2 heterocycles. The number of hydrogen-bond donors (Lipinski definition) is 3. The smallest absolute Gasteiger partial charge is 0.255 e. The molecule has 174 valence electrons. The van der Waals surface area contributed by atoms with Gasteiger partial charge in [0.15, 0.2) is 0 Å². The van der Waals surface area contributed by atoms with Crippen LogP contribution in [0.15, 0.2) is 60.8 Å². The van der Waals surface area contributed by atoms with E-state index < -0.39 is 0 Å². The van der Waals surface area contributed by atoms with Gasteiger partial charge in [0.25, 0.3) is 5.91 Å². The Morgan fingerprint density at radius 3 is 2.74 bits per heavy atom. The van der Waals surface area contributed by atoms with Gasteiger partial charge in [0.05, 0.1) is 10.9 Å². The Kier molecular flexibility index (Phi) is 6.77. The highest BCUT2D eigenvalue weighted by molar-refractivity contribution is 6.31. The van der Waals surface area contributed by atoms with E-state index in [1.807, 2.05) is 30.5 Å². The number of nitrogens with zero attached hydrogens (tertiary/aromatic N) is 2. The second kappa shape index (κ2) is 10.3. The Morgan fingerprint density at radius 2 is 1.88 bits per heavy atom. The first-order valence-electron chi connectivity index (χ1n) is 11.9. The van der Waals surface area contributed by atoms with Crippen molar-refractivity contribution in [3.05, 3.63) is 82.6 Å². The summed E-state index contributed by atoms with van der Waals surface area (Å²) < 4.78 is 0. The normalized spacial score (nSPS) is 14.3. The first-order chi connectivity index (χ1) is 16.7. The molecular formula is C27H28ClN5O. The summed E-state index contributed by atoms with van der Waals surface area (Å²) >= 11 is 6.02. The highest BCUT2D eigenvalue weighted by Crippen LogP contribution is 2.28. The number of hydrogen-bond acceptors (Lipinski definition) is 4. The molecule has 1 saturated carbocycles. The van der Waals surface area contributed by atoms with Crippen molar-refractivity contribution >= 4 is 39.9 Å². The first-order valence-corrected chi connectivity index (χ1v) is 12.3. The molecule has 0 radical (unpaired) electrons. The van der Waals surface area contributed by atoms with Crippen LogP contribution in [0.25, 0.3) is 10.9 Å². The summed E-state index contributed by atoms with van der Waals surface area (Å²) in [5.74, 6) is 0.749. The molecule has 1 aliphatic carbocycles. The molecular weight excluding hydrogens is 446 g/mol. The van der Waals surface area contributed by atoms with E-state index in [1.165, 1.54) is 32.1 Å². The van der Waals surface area contributed by atoms with Crippen molar-refractivity contribution in [2.75, 3.05) is 10.6 Å². The van der Waals surface area contributed by atoms with Gasteiger partial charge in [-0.25, -0.2) is 4.98 Å². The van der Waals surface area contributed by atoms with E-state index in [4.69, 9.17) is 11.6 Å². The minimum absolute atomic E-state index is 0.177. The summed E-state index contributed by atoms with van der Waals surface area (Å²) in [6.07, 6.45) is 9.70. The highest BCUT2D eigenvalue weighted by Gasteiger charge is 2.17. The van der Waals surface area contributed by atoms with Gasteiger partial charge in [0, 0.05) is 34.2 Å². The maximum absolute atomic E-state index is 12.6. The lowest BCUT2D eigenvalue weighted by atomic mass is 9.95. The van der Waals surface area contributed by atoms with Crippen molar-refractivity contribution in [3.63, 3.8) is 0 Å². The number of benzene rings is 2. The van der Waals surface area contributed by atoms with Crippen LogP contribution in [-0.4, -0.2) is 27.1 Å². The van der Waals surface area contributed by atoms with Gasteiger partial charge >= 0.3 is 0 Å². The van der Waals surface area contributed by atoms with Gasteiger partial charge in [-0.15, -0.1) is 0 Å². The number of halogens is 1. The molecule has 5 rings (SSSR count). The summed E-state index contributed by atoms with van der Waals surface area (Å²) in [4.78, 5) is 17.2. The number of anilines is 2. The van der Waals surface area contributed by atoms with Gasteiger partial charge in [0.2, 0.25) is 0 Å². The van der Waals surface area contributed by atoms with Crippen LogP contribution in [0.2, 0.25) is 5.02 Å². The monoisotopic (exact) mass is 473 g/mol. The van der Waals surface area contributed by atoms with Crippen LogP contribution in [0.5, 0.6) is 0 Å². The largest absolute Gasteiger partial charge is 0.367 e. The lowest BCUT2D eigenvalue weighted by molar-refractivity contribution is 0.102. The molecule has 3 N–H and O–H groups in total. The summed E-state index contributed by atoms with van der Waals surface area (Å²) in [5.41, 5.74) is 4.45. The van der Waals surface area contributed by atoms with Crippen LogP contribution >= 0.6 is 11.6 Å². The van der Waals surface area contributed by atoms with E-state index in [-0.39, 0.29) is 5.91 Å². The number of aromatic amines is 1. The second-order valence-electron chi connectivity index (χ2n) is 8.90. The van der Waals surface area contributed by atoms with Gasteiger partial charge in [-0.2, -0.15) is 5.10 Å². The Labute approximate surface area is 204 Å². The Bertz CT molecular complexity index is 1300. The number of pyridine rings is 1. The van der Waals surface area contributed by atoms with Crippen molar-refractivity contribution in [1.82, 2.24) is 15.2 Å². The third-order valence-corrected chi connectivity index (χ3v) is 6.66. The fourth-order valence-corrected chi connectivity index (χ4v) is 4.85. The SMILES string of the molecule is O=C(Nc1cccc(CCc2[nH]nc3ccnc(NC4CCCCC4)c23)c1)c1cccc(Cl)c1. The Hall–Kier alpha value is -3.38. The first kappa shape index (κ1) is 22.4. The van der Waals surface area contributed by atoms with Gasteiger partial charge in [-0.3, -0.25) is 9.89 Å². The molecule has 0 aliphatic heterocycles. The molecule has 1 fully saturated rings. The zero-order valence-electron chi connectivity index (χ0n) is 19.0. The molecule has 0 unspecified atom stereocenters. The van der Waals surface area contributed by atoms with E-state index in [2.05, 4.69) is 31.9 Å². The molecule has 1 aliphatic rings. The zero-order valence-corrected chi connectivity index (χ0v) is 19.7. The van der Waals surface area contributed by atoms with Crippen molar-refractivity contribution in [1.29, 1.82) is 0 Å². The van der Waals surface area contributed by atoms with Crippen LogP contribution < -0.4 is 10.6 Å². The number of carbonyl (C=O) groups excluding carboxylic acids is 1. The minimum atomic E-state index is -0.177. The van der Waals surface area contributed by atoms with Gasteiger partial charge in [-0.1, -0.05) is 49.1 Å². The summed E-state index contributed by atoms with van der Waals surface area (Å²) in [6, 6.07) is 17.3. The molecule has 7 heteroatoms. The quantitative estimate of drug-likeness (QED) is 0.290.